The summed E-state index contributed by atoms with van der Waals surface area (Å²) in [6, 6.07) is 19.5. The fourth-order valence-corrected chi connectivity index (χ4v) is 2.46. The third-order valence-electron chi connectivity index (χ3n) is 3.56. The van der Waals surface area contributed by atoms with Gasteiger partial charge < -0.3 is 10.6 Å². The molecule has 2 aromatic rings. The van der Waals surface area contributed by atoms with Crippen LogP contribution in [-0.2, 0) is 6.54 Å². The highest BCUT2D eigenvalue weighted by Crippen LogP contribution is 2.28. The first-order valence-corrected chi connectivity index (χ1v) is 7.24. The topological polar surface area (TPSA) is 29.3 Å². The van der Waals surface area contributed by atoms with E-state index in [2.05, 4.69) is 73.3 Å². The van der Waals surface area contributed by atoms with Crippen LogP contribution in [-0.4, -0.2) is 6.04 Å². The van der Waals surface area contributed by atoms with E-state index in [0.717, 1.165) is 6.54 Å². The molecular formula is C18H24N2. The minimum absolute atomic E-state index is 0.0447. The van der Waals surface area contributed by atoms with Crippen molar-refractivity contribution in [1.82, 2.24) is 0 Å². The summed E-state index contributed by atoms with van der Waals surface area (Å²) in [5, 5.41) is 0. The van der Waals surface area contributed by atoms with Gasteiger partial charge in [-0.2, -0.15) is 0 Å². The van der Waals surface area contributed by atoms with Gasteiger partial charge in [-0.1, -0.05) is 48.5 Å². The fourth-order valence-electron chi connectivity index (χ4n) is 2.46. The summed E-state index contributed by atoms with van der Waals surface area (Å²) in [7, 11) is 0. The molecular weight excluding hydrogens is 244 g/mol. The van der Waals surface area contributed by atoms with Crippen LogP contribution in [0.2, 0.25) is 0 Å². The van der Waals surface area contributed by atoms with Gasteiger partial charge in [0.1, 0.15) is 0 Å². The van der Waals surface area contributed by atoms with Crippen LogP contribution in [0.3, 0.4) is 0 Å². The average Bonchev–Trinajstić information content (AvgIpc) is 2.45. The Morgan fingerprint density at radius 3 is 2.10 bits per heavy atom. The minimum Gasteiger partial charge on any atom is -0.365 e. The Labute approximate surface area is 122 Å². The van der Waals surface area contributed by atoms with Crippen LogP contribution in [0.15, 0.2) is 54.6 Å². The van der Waals surface area contributed by atoms with E-state index in [9.17, 15) is 0 Å². The molecule has 0 spiro atoms. The van der Waals surface area contributed by atoms with Crippen molar-refractivity contribution in [3.8, 4) is 0 Å². The highest BCUT2D eigenvalue weighted by atomic mass is 15.2. The molecule has 0 amide bonds. The predicted molar refractivity (Wildman–Crippen MR) is 86.8 cm³/mol. The SMILES string of the molecule is CC(N)c1ccccc1N(Cc1ccccc1)C(C)C. The van der Waals surface area contributed by atoms with E-state index in [1.807, 2.05) is 6.92 Å². The van der Waals surface area contributed by atoms with Crippen molar-refractivity contribution in [2.45, 2.75) is 39.4 Å². The van der Waals surface area contributed by atoms with E-state index in [0.29, 0.717) is 6.04 Å². The lowest BCUT2D eigenvalue weighted by Crippen LogP contribution is -2.31. The second-order valence-electron chi connectivity index (χ2n) is 5.55. The zero-order valence-electron chi connectivity index (χ0n) is 12.6. The smallest absolute Gasteiger partial charge is 0.0432 e. The van der Waals surface area contributed by atoms with Crippen LogP contribution >= 0.6 is 0 Å². The molecule has 0 radical (unpaired) electrons. The first-order valence-electron chi connectivity index (χ1n) is 7.24. The predicted octanol–water partition coefficient (Wildman–Crippen LogP) is 4.12. The normalized spacial score (nSPS) is 12.4. The van der Waals surface area contributed by atoms with Crippen LogP contribution in [0.1, 0.15) is 37.9 Å². The maximum Gasteiger partial charge on any atom is 0.0432 e. The van der Waals surface area contributed by atoms with E-state index in [1.165, 1.54) is 16.8 Å². The molecule has 0 aliphatic rings. The molecule has 0 aliphatic carbocycles. The lowest BCUT2D eigenvalue weighted by molar-refractivity contribution is 0.672. The minimum atomic E-state index is 0.0447. The molecule has 0 aromatic heterocycles. The molecule has 1 atom stereocenters. The third-order valence-corrected chi connectivity index (χ3v) is 3.56. The summed E-state index contributed by atoms with van der Waals surface area (Å²) in [5.41, 5.74) is 9.88. The van der Waals surface area contributed by atoms with Crippen molar-refractivity contribution in [2.24, 2.45) is 5.73 Å². The maximum absolute atomic E-state index is 6.12. The van der Waals surface area contributed by atoms with Crippen molar-refractivity contribution < 1.29 is 0 Å². The largest absolute Gasteiger partial charge is 0.365 e. The van der Waals surface area contributed by atoms with Crippen molar-refractivity contribution in [3.05, 3.63) is 65.7 Å². The Balaban J connectivity index is 2.34. The summed E-state index contributed by atoms with van der Waals surface area (Å²) in [5.74, 6) is 0. The first kappa shape index (κ1) is 14.6. The number of hydrogen-bond acceptors (Lipinski definition) is 2. The number of para-hydroxylation sites is 1. The van der Waals surface area contributed by atoms with Gasteiger partial charge in [-0.15, -0.1) is 0 Å². The molecule has 1 unspecified atom stereocenters. The van der Waals surface area contributed by atoms with Gasteiger partial charge in [-0.3, -0.25) is 0 Å². The summed E-state index contributed by atoms with van der Waals surface area (Å²) in [6.07, 6.45) is 0. The number of rotatable bonds is 5. The molecule has 2 N–H and O–H groups in total. The van der Waals surface area contributed by atoms with Gasteiger partial charge in [0.25, 0.3) is 0 Å². The third kappa shape index (κ3) is 3.40. The van der Waals surface area contributed by atoms with E-state index >= 15 is 0 Å². The Bertz CT molecular complexity index is 532. The van der Waals surface area contributed by atoms with Crippen LogP contribution in [0.25, 0.3) is 0 Å². The van der Waals surface area contributed by atoms with Gasteiger partial charge in [0.05, 0.1) is 0 Å². The molecule has 20 heavy (non-hydrogen) atoms. The molecule has 2 heteroatoms. The zero-order chi connectivity index (χ0) is 14.5. The van der Waals surface area contributed by atoms with Crippen molar-refractivity contribution >= 4 is 5.69 Å². The molecule has 2 rings (SSSR count). The molecule has 0 fully saturated rings. The Morgan fingerprint density at radius 2 is 1.50 bits per heavy atom. The standard InChI is InChI=1S/C18H24N2/c1-14(2)20(13-16-9-5-4-6-10-16)18-12-8-7-11-17(18)15(3)19/h4-12,14-15H,13,19H2,1-3H3. The number of nitrogens with two attached hydrogens (primary N) is 1. The van der Waals surface area contributed by atoms with Crippen molar-refractivity contribution in [2.75, 3.05) is 4.90 Å². The Morgan fingerprint density at radius 1 is 0.900 bits per heavy atom. The van der Waals surface area contributed by atoms with Crippen LogP contribution in [0, 0.1) is 0 Å². The summed E-state index contributed by atoms with van der Waals surface area (Å²) in [4.78, 5) is 2.41. The monoisotopic (exact) mass is 268 g/mol. The number of benzene rings is 2. The Kier molecular flexibility index (Phi) is 4.80. The van der Waals surface area contributed by atoms with Crippen LogP contribution in [0.5, 0.6) is 0 Å². The molecule has 0 saturated carbocycles. The molecule has 0 bridgehead atoms. The summed E-state index contributed by atoms with van der Waals surface area (Å²) in [6.45, 7) is 7.39. The quantitative estimate of drug-likeness (QED) is 0.883. The van der Waals surface area contributed by atoms with Gasteiger partial charge in [0.2, 0.25) is 0 Å². The lowest BCUT2D eigenvalue weighted by atomic mass is 10.0. The van der Waals surface area contributed by atoms with E-state index in [1.54, 1.807) is 0 Å². The first-order chi connectivity index (χ1) is 9.59. The van der Waals surface area contributed by atoms with Gasteiger partial charge in [0, 0.05) is 24.3 Å². The second kappa shape index (κ2) is 6.58. The summed E-state index contributed by atoms with van der Waals surface area (Å²) >= 11 is 0. The van der Waals surface area contributed by atoms with E-state index < -0.39 is 0 Å². The molecule has 2 aromatic carbocycles. The Hall–Kier alpha value is -1.80. The fraction of sp³-hybridized carbons (Fsp3) is 0.333. The number of nitrogens with zero attached hydrogens (tertiary/aromatic N) is 1. The van der Waals surface area contributed by atoms with Gasteiger partial charge in [-0.25, -0.2) is 0 Å². The molecule has 2 nitrogen and oxygen atoms in total. The molecule has 0 heterocycles. The van der Waals surface area contributed by atoms with E-state index in [-0.39, 0.29) is 6.04 Å². The zero-order valence-corrected chi connectivity index (χ0v) is 12.6. The molecule has 106 valence electrons. The van der Waals surface area contributed by atoms with Gasteiger partial charge in [0.15, 0.2) is 0 Å². The maximum atomic E-state index is 6.12. The van der Waals surface area contributed by atoms with Crippen molar-refractivity contribution in [3.63, 3.8) is 0 Å². The van der Waals surface area contributed by atoms with Crippen molar-refractivity contribution in [1.29, 1.82) is 0 Å². The second-order valence-corrected chi connectivity index (χ2v) is 5.55. The van der Waals surface area contributed by atoms with Crippen LogP contribution < -0.4 is 10.6 Å². The highest BCUT2D eigenvalue weighted by molar-refractivity contribution is 5.55. The number of hydrogen-bond donors (Lipinski definition) is 1. The average molecular weight is 268 g/mol. The highest BCUT2D eigenvalue weighted by Gasteiger charge is 2.16. The lowest BCUT2D eigenvalue weighted by Gasteiger charge is -2.32. The van der Waals surface area contributed by atoms with Crippen LogP contribution in [0.4, 0.5) is 5.69 Å². The molecule has 0 aliphatic heterocycles. The van der Waals surface area contributed by atoms with Gasteiger partial charge in [-0.05, 0) is 38.0 Å². The van der Waals surface area contributed by atoms with E-state index in [4.69, 9.17) is 5.73 Å². The molecule has 0 saturated heterocycles. The summed E-state index contributed by atoms with van der Waals surface area (Å²) < 4.78 is 0. The van der Waals surface area contributed by atoms with Gasteiger partial charge >= 0.3 is 0 Å². The number of anilines is 1.